The average molecular weight is 631 g/mol. The van der Waals surface area contributed by atoms with E-state index >= 15 is 0 Å². The van der Waals surface area contributed by atoms with Crippen molar-refractivity contribution < 1.29 is 19.1 Å². The number of rotatable bonds is 6. The van der Waals surface area contributed by atoms with Crippen LogP contribution in [0.4, 0.5) is 9.59 Å². The Bertz CT molecular complexity index is 1650. The number of pyridine rings is 1. The molecule has 2 aromatic heterocycles. The number of hydrogen-bond acceptors (Lipinski definition) is 7. The maximum absolute atomic E-state index is 13.3. The molecule has 0 spiro atoms. The Morgan fingerprint density at radius 2 is 1.78 bits per heavy atom. The number of aryl methyl sites for hydroxylation is 1. The number of alkyl carbamates (subject to hydrolysis) is 1. The molecule has 2 saturated carbocycles. The predicted molar refractivity (Wildman–Crippen MR) is 170 cm³/mol. The van der Waals surface area contributed by atoms with Crippen molar-refractivity contribution >= 4 is 35.4 Å². The maximum Gasteiger partial charge on any atom is 0.410 e. The molecule has 4 aliphatic rings. The van der Waals surface area contributed by atoms with Gasteiger partial charge < -0.3 is 24.3 Å². The van der Waals surface area contributed by atoms with Gasteiger partial charge in [-0.3, -0.25) is 9.88 Å². The van der Waals surface area contributed by atoms with Gasteiger partial charge in [-0.05, 0) is 86.1 Å². The van der Waals surface area contributed by atoms with E-state index in [1.807, 2.05) is 54.8 Å². The number of ether oxygens (including phenoxy) is 2. The van der Waals surface area contributed by atoms with E-state index in [4.69, 9.17) is 26.1 Å². The average Bonchev–Trinajstić information content (AvgIpc) is 3.88. The van der Waals surface area contributed by atoms with E-state index < -0.39 is 17.7 Å². The van der Waals surface area contributed by atoms with Gasteiger partial charge in [-0.2, -0.15) is 0 Å². The molecule has 3 aliphatic carbocycles. The number of hydrogen-bond donors (Lipinski definition) is 1. The molecule has 1 N–H and O–H groups in total. The van der Waals surface area contributed by atoms with Gasteiger partial charge in [-0.25, -0.2) is 14.6 Å². The Balaban J connectivity index is 1.27. The first-order valence-electron chi connectivity index (χ1n) is 15.7. The van der Waals surface area contributed by atoms with Crippen molar-refractivity contribution in [2.24, 2.45) is 7.05 Å². The van der Waals surface area contributed by atoms with Crippen molar-refractivity contribution in [2.45, 2.75) is 69.2 Å². The highest BCUT2D eigenvalue weighted by molar-refractivity contribution is 6.30. The number of aromatic nitrogens is 3. The third-order valence-electron chi connectivity index (χ3n) is 9.63. The molecule has 1 aromatic carbocycles. The summed E-state index contributed by atoms with van der Waals surface area (Å²) < 4.78 is 13.5. The van der Waals surface area contributed by atoms with Crippen LogP contribution in [0.15, 0.2) is 49.1 Å². The summed E-state index contributed by atoms with van der Waals surface area (Å²) in [6.07, 6.45) is 11.0. The van der Waals surface area contributed by atoms with Crippen LogP contribution in [0, 0.1) is 0 Å². The van der Waals surface area contributed by atoms with Crippen LogP contribution in [0.5, 0.6) is 0 Å². The highest BCUT2D eigenvalue weighted by atomic mass is 35.5. The monoisotopic (exact) mass is 630 g/mol. The fourth-order valence-corrected chi connectivity index (χ4v) is 6.47. The fourth-order valence-electron chi connectivity index (χ4n) is 6.30. The van der Waals surface area contributed by atoms with E-state index in [2.05, 4.69) is 33.4 Å². The molecule has 0 bridgehead atoms. The van der Waals surface area contributed by atoms with Gasteiger partial charge in [0.05, 0.1) is 24.3 Å². The zero-order valence-electron chi connectivity index (χ0n) is 26.0. The molecule has 1 saturated heterocycles. The van der Waals surface area contributed by atoms with Gasteiger partial charge in [-0.15, -0.1) is 0 Å². The Hall–Kier alpha value is -3.89. The molecule has 11 heteroatoms. The van der Waals surface area contributed by atoms with E-state index in [1.165, 1.54) is 0 Å². The number of piperazine rings is 1. The molecule has 1 aliphatic heterocycles. The highest BCUT2D eigenvalue weighted by Gasteiger charge is 2.44. The minimum atomic E-state index is -0.577. The number of benzene rings is 1. The van der Waals surface area contributed by atoms with Crippen LogP contribution in [-0.2, 0) is 22.9 Å². The Labute approximate surface area is 268 Å². The molecule has 3 fully saturated rings. The van der Waals surface area contributed by atoms with Crippen LogP contribution >= 0.6 is 11.6 Å². The van der Waals surface area contributed by atoms with E-state index in [0.29, 0.717) is 37.6 Å². The zero-order valence-corrected chi connectivity index (χ0v) is 26.7. The second-order valence-corrected chi connectivity index (χ2v) is 13.7. The van der Waals surface area contributed by atoms with Gasteiger partial charge in [-0.1, -0.05) is 23.7 Å². The number of fused-ring (bicyclic) bond motifs is 2. The number of carbonyl (C=O) groups is 2. The van der Waals surface area contributed by atoms with Crippen LogP contribution in [0.3, 0.4) is 0 Å². The minimum absolute atomic E-state index is 0.0433. The van der Waals surface area contributed by atoms with E-state index in [1.54, 1.807) is 12.5 Å². The summed E-state index contributed by atoms with van der Waals surface area (Å²) in [4.78, 5) is 39.7. The quantitative estimate of drug-likeness (QED) is 0.360. The van der Waals surface area contributed by atoms with Crippen molar-refractivity contribution in [3.63, 3.8) is 0 Å². The summed E-state index contributed by atoms with van der Waals surface area (Å²) in [6, 6.07) is 9.37. The molecular weight excluding hydrogens is 592 g/mol. The van der Waals surface area contributed by atoms with Gasteiger partial charge in [0, 0.05) is 62.6 Å². The maximum atomic E-state index is 13.3. The number of halogens is 1. The third-order valence-corrected chi connectivity index (χ3v) is 9.86. The van der Waals surface area contributed by atoms with Crippen molar-refractivity contribution in [2.75, 3.05) is 26.2 Å². The molecule has 0 radical (unpaired) electrons. The molecule has 3 heterocycles. The van der Waals surface area contributed by atoms with Crippen LogP contribution in [-0.4, -0.2) is 73.9 Å². The van der Waals surface area contributed by atoms with Crippen molar-refractivity contribution in [3.05, 3.63) is 82.2 Å². The van der Waals surface area contributed by atoms with Gasteiger partial charge in [0.1, 0.15) is 11.2 Å². The second kappa shape index (κ2) is 11.5. The van der Waals surface area contributed by atoms with Crippen molar-refractivity contribution in [3.8, 4) is 0 Å². The molecular formula is C34H39ClN6O4. The summed E-state index contributed by atoms with van der Waals surface area (Å²) in [7, 11) is 1.92. The largest absolute Gasteiger partial charge is 0.443 e. The SMILES string of the molecule is Cn1cncc1[C@H](NC(=O)OC1(C)CC1)/C1=C/c2cccnc2CC(N2CCN(C(=O)OC3(C)CC3)CC2)c2ccc(Cl)cc21. The first kappa shape index (κ1) is 29.8. The lowest BCUT2D eigenvalue weighted by atomic mass is 9.83. The molecule has 2 atom stereocenters. The lowest BCUT2D eigenvalue weighted by molar-refractivity contribution is 0.0351. The summed E-state index contributed by atoms with van der Waals surface area (Å²) in [5.41, 5.74) is 4.90. The number of nitrogens with zero attached hydrogens (tertiary/aromatic N) is 5. The van der Waals surface area contributed by atoms with E-state index in [0.717, 1.165) is 59.3 Å². The smallest absolute Gasteiger partial charge is 0.410 e. The fraction of sp³-hybridized carbons (Fsp3) is 0.471. The first-order valence-corrected chi connectivity index (χ1v) is 16.1. The molecule has 10 nitrogen and oxygen atoms in total. The standard InChI is InChI=1S/C34H39ClN6O4/c1-33(8-9-33)44-31(42)38-30(29-20-36-21-39(29)3)26-17-22-5-4-12-37-27(22)19-28(24-7-6-23(35)18-25(24)26)40-13-15-41(16-14-40)32(43)45-34(2)10-11-34/h4-7,12,17-18,20-21,28,30H,8-11,13-16,19H2,1-3H3,(H,38,42)/b26-17+/t28?,30-/m1/s1. The summed E-state index contributed by atoms with van der Waals surface area (Å²) in [5.74, 6) is 0. The number of nitrogens with one attached hydrogen (secondary N) is 1. The molecule has 7 rings (SSSR count). The third kappa shape index (κ3) is 6.31. The number of amides is 2. The van der Waals surface area contributed by atoms with Crippen LogP contribution in [0.1, 0.15) is 79.7 Å². The Morgan fingerprint density at radius 3 is 2.47 bits per heavy atom. The first-order chi connectivity index (χ1) is 21.6. The van der Waals surface area contributed by atoms with Crippen LogP contribution in [0.2, 0.25) is 5.02 Å². The Morgan fingerprint density at radius 1 is 1.04 bits per heavy atom. The molecule has 236 valence electrons. The lowest BCUT2D eigenvalue weighted by Crippen LogP contribution is -2.51. The molecule has 1 unspecified atom stereocenters. The Kier molecular flexibility index (Phi) is 7.60. The number of carbonyl (C=O) groups excluding carboxylic acids is 2. The van der Waals surface area contributed by atoms with Gasteiger partial charge >= 0.3 is 12.2 Å². The predicted octanol–water partition coefficient (Wildman–Crippen LogP) is 5.93. The van der Waals surface area contributed by atoms with Crippen LogP contribution < -0.4 is 5.32 Å². The van der Waals surface area contributed by atoms with Crippen molar-refractivity contribution in [1.29, 1.82) is 0 Å². The van der Waals surface area contributed by atoms with E-state index in [9.17, 15) is 9.59 Å². The summed E-state index contributed by atoms with van der Waals surface area (Å²) in [6.45, 7) is 6.48. The summed E-state index contributed by atoms with van der Waals surface area (Å²) in [5, 5.41) is 3.78. The zero-order chi connectivity index (χ0) is 31.3. The van der Waals surface area contributed by atoms with Gasteiger partial charge in [0.2, 0.25) is 0 Å². The summed E-state index contributed by atoms with van der Waals surface area (Å²) >= 11 is 6.70. The molecule has 3 aromatic rings. The lowest BCUT2D eigenvalue weighted by Gasteiger charge is -2.41. The van der Waals surface area contributed by atoms with Gasteiger partial charge in [0.15, 0.2) is 0 Å². The minimum Gasteiger partial charge on any atom is -0.443 e. The second-order valence-electron chi connectivity index (χ2n) is 13.3. The molecule has 2 amide bonds. The van der Waals surface area contributed by atoms with Gasteiger partial charge in [0.25, 0.3) is 0 Å². The highest BCUT2D eigenvalue weighted by Crippen LogP contribution is 2.43. The van der Waals surface area contributed by atoms with Crippen LogP contribution in [0.25, 0.3) is 11.6 Å². The topological polar surface area (TPSA) is 102 Å². The van der Waals surface area contributed by atoms with E-state index in [-0.39, 0.29) is 17.7 Å². The van der Waals surface area contributed by atoms with Crippen molar-refractivity contribution in [1.82, 2.24) is 29.7 Å². The molecule has 45 heavy (non-hydrogen) atoms. The normalized spacial score (nSPS) is 23.2. The number of imidazole rings is 1.